The van der Waals surface area contributed by atoms with Gasteiger partial charge in [-0.1, -0.05) is 17.4 Å². The van der Waals surface area contributed by atoms with Crippen molar-refractivity contribution in [1.29, 1.82) is 0 Å². The number of anilines is 1. The highest BCUT2D eigenvalue weighted by molar-refractivity contribution is 7.22. The molecule has 0 unspecified atom stereocenters. The van der Waals surface area contributed by atoms with Gasteiger partial charge >= 0.3 is 6.18 Å². The van der Waals surface area contributed by atoms with Gasteiger partial charge in [-0.25, -0.2) is 4.98 Å². The zero-order chi connectivity index (χ0) is 18.5. The highest BCUT2D eigenvalue weighted by Crippen LogP contribution is 2.42. The second-order valence-electron chi connectivity index (χ2n) is 6.42. The van der Waals surface area contributed by atoms with Crippen LogP contribution in [0, 0.1) is 6.92 Å². The van der Waals surface area contributed by atoms with Crippen LogP contribution >= 0.6 is 11.3 Å². The van der Waals surface area contributed by atoms with Crippen molar-refractivity contribution < 1.29 is 18.0 Å². The monoisotopic (exact) mass is 380 g/mol. The van der Waals surface area contributed by atoms with Gasteiger partial charge in [0.1, 0.15) is 6.54 Å². The van der Waals surface area contributed by atoms with E-state index >= 15 is 0 Å². The fourth-order valence-corrected chi connectivity index (χ4v) is 3.76. The molecule has 3 aromatic rings. The minimum atomic E-state index is -4.52. The van der Waals surface area contributed by atoms with Gasteiger partial charge in [0.15, 0.2) is 10.8 Å². The zero-order valence-electron chi connectivity index (χ0n) is 13.8. The van der Waals surface area contributed by atoms with Crippen molar-refractivity contribution in [2.45, 2.75) is 38.4 Å². The molecule has 1 N–H and O–H groups in total. The Morgan fingerprint density at radius 1 is 1.35 bits per heavy atom. The summed E-state index contributed by atoms with van der Waals surface area (Å²) in [6, 6.07) is 6.81. The van der Waals surface area contributed by atoms with E-state index in [0.717, 1.165) is 39.4 Å². The van der Waals surface area contributed by atoms with Crippen molar-refractivity contribution in [1.82, 2.24) is 14.8 Å². The average Bonchev–Trinajstić information content (AvgIpc) is 3.17. The van der Waals surface area contributed by atoms with Crippen LogP contribution < -0.4 is 5.32 Å². The topological polar surface area (TPSA) is 59.8 Å². The number of amides is 1. The molecule has 5 nitrogen and oxygen atoms in total. The minimum Gasteiger partial charge on any atom is -0.300 e. The SMILES string of the molecule is Cc1ccc2nc(NC(=O)Cn3nc(C(F)(F)F)cc3C3CC3)sc2c1. The fourth-order valence-electron chi connectivity index (χ4n) is 2.78. The molecule has 2 aromatic heterocycles. The molecule has 1 amide bonds. The number of hydrogen-bond acceptors (Lipinski definition) is 4. The summed E-state index contributed by atoms with van der Waals surface area (Å²) in [5.74, 6) is -0.392. The predicted octanol–water partition coefficient (Wildman–Crippen LogP) is 4.34. The maximum Gasteiger partial charge on any atom is 0.435 e. The Morgan fingerprint density at radius 2 is 2.12 bits per heavy atom. The number of aryl methyl sites for hydroxylation is 1. The number of halogens is 3. The quantitative estimate of drug-likeness (QED) is 0.733. The highest BCUT2D eigenvalue weighted by atomic mass is 32.1. The number of thiazole rings is 1. The van der Waals surface area contributed by atoms with E-state index in [1.54, 1.807) is 0 Å². The Morgan fingerprint density at radius 3 is 2.81 bits per heavy atom. The first-order valence-corrected chi connectivity index (χ1v) is 8.93. The van der Waals surface area contributed by atoms with Crippen LogP contribution in [-0.2, 0) is 17.5 Å². The van der Waals surface area contributed by atoms with Crippen molar-refractivity contribution in [3.8, 4) is 0 Å². The number of hydrogen-bond donors (Lipinski definition) is 1. The molecular formula is C17H15F3N4OS. The first-order chi connectivity index (χ1) is 12.3. The van der Waals surface area contributed by atoms with Gasteiger partial charge in [-0.05, 0) is 43.5 Å². The van der Waals surface area contributed by atoms with Gasteiger partial charge < -0.3 is 5.32 Å². The van der Waals surface area contributed by atoms with E-state index in [1.807, 2.05) is 25.1 Å². The molecular weight excluding hydrogens is 365 g/mol. The van der Waals surface area contributed by atoms with Crippen LogP contribution in [0.5, 0.6) is 0 Å². The summed E-state index contributed by atoms with van der Waals surface area (Å²) in [6.07, 6.45) is -2.88. The van der Waals surface area contributed by atoms with E-state index in [0.29, 0.717) is 10.8 Å². The predicted molar refractivity (Wildman–Crippen MR) is 92.2 cm³/mol. The summed E-state index contributed by atoms with van der Waals surface area (Å²) in [5.41, 5.74) is 1.37. The van der Waals surface area contributed by atoms with Gasteiger partial charge in [-0.2, -0.15) is 18.3 Å². The summed E-state index contributed by atoms with van der Waals surface area (Å²) < 4.78 is 40.8. The van der Waals surface area contributed by atoms with Gasteiger partial charge in [0, 0.05) is 11.6 Å². The molecule has 0 saturated heterocycles. The smallest absolute Gasteiger partial charge is 0.300 e. The number of nitrogens with one attached hydrogen (secondary N) is 1. The summed E-state index contributed by atoms with van der Waals surface area (Å²) in [6.45, 7) is 1.70. The number of benzene rings is 1. The normalized spacial score (nSPS) is 14.8. The Labute approximate surface area is 150 Å². The molecule has 0 radical (unpaired) electrons. The largest absolute Gasteiger partial charge is 0.435 e. The van der Waals surface area contributed by atoms with E-state index in [4.69, 9.17) is 0 Å². The Hall–Kier alpha value is -2.42. The molecule has 1 aromatic carbocycles. The third-order valence-electron chi connectivity index (χ3n) is 4.18. The minimum absolute atomic E-state index is 0.0526. The lowest BCUT2D eigenvalue weighted by Gasteiger charge is -2.06. The van der Waals surface area contributed by atoms with Gasteiger partial charge in [-0.3, -0.25) is 9.48 Å². The second kappa shape index (κ2) is 6.08. The third kappa shape index (κ3) is 3.44. The molecule has 136 valence electrons. The van der Waals surface area contributed by atoms with E-state index in [9.17, 15) is 18.0 Å². The molecule has 0 spiro atoms. The molecule has 2 heterocycles. The second-order valence-corrected chi connectivity index (χ2v) is 7.45. The lowest BCUT2D eigenvalue weighted by atomic mass is 10.2. The molecule has 1 saturated carbocycles. The fraction of sp³-hybridized carbons (Fsp3) is 0.353. The molecule has 0 bridgehead atoms. The number of rotatable bonds is 4. The van der Waals surface area contributed by atoms with E-state index in [1.165, 1.54) is 11.3 Å². The Kier molecular flexibility index (Phi) is 3.98. The molecule has 1 fully saturated rings. The number of fused-ring (bicyclic) bond motifs is 1. The zero-order valence-corrected chi connectivity index (χ0v) is 14.6. The number of nitrogens with zero attached hydrogens (tertiary/aromatic N) is 3. The molecule has 1 aliphatic rings. The molecule has 9 heteroatoms. The Bertz CT molecular complexity index is 988. The van der Waals surface area contributed by atoms with Crippen LogP contribution in [0.3, 0.4) is 0 Å². The maximum atomic E-state index is 12.9. The molecule has 4 rings (SSSR count). The molecule has 0 atom stereocenters. The van der Waals surface area contributed by atoms with Crippen LogP contribution in [0.1, 0.15) is 35.7 Å². The van der Waals surface area contributed by atoms with E-state index in [2.05, 4.69) is 15.4 Å². The molecule has 1 aliphatic carbocycles. The van der Waals surface area contributed by atoms with Crippen LogP contribution in [0.4, 0.5) is 18.3 Å². The van der Waals surface area contributed by atoms with Crippen molar-refractivity contribution in [2.75, 3.05) is 5.32 Å². The molecule has 26 heavy (non-hydrogen) atoms. The lowest BCUT2D eigenvalue weighted by Crippen LogP contribution is -2.21. The third-order valence-corrected chi connectivity index (χ3v) is 5.11. The van der Waals surface area contributed by atoms with Crippen molar-refractivity contribution in [2.24, 2.45) is 0 Å². The van der Waals surface area contributed by atoms with Crippen molar-refractivity contribution in [3.63, 3.8) is 0 Å². The van der Waals surface area contributed by atoms with Crippen LogP contribution in [0.2, 0.25) is 0 Å². The van der Waals surface area contributed by atoms with Gasteiger partial charge in [0.25, 0.3) is 0 Å². The number of alkyl halides is 3. The maximum absolute atomic E-state index is 12.9. The van der Waals surface area contributed by atoms with Crippen molar-refractivity contribution in [3.05, 3.63) is 41.2 Å². The lowest BCUT2D eigenvalue weighted by molar-refractivity contribution is -0.141. The average molecular weight is 380 g/mol. The van der Waals surface area contributed by atoms with Gasteiger partial charge in [-0.15, -0.1) is 0 Å². The number of carbonyl (C=O) groups excluding carboxylic acids is 1. The van der Waals surface area contributed by atoms with Crippen molar-refractivity contribution >= 4 is 32.6 Å². The first kappa shape index (κ1) is 17.0. The standard InChI is InChI=1S/C17H15F3N4OS/c1-9-2-5-11-13(6-9)26-16(21-11)22-15(25)8-24-12(10-3-4-10)7-14(23-24)17(18,19)20/h2,5-7,10H,3-4,8H2,1H3,(H,21,22,25). The van der Waals surface area contributed by atoms with Crippen LogP contribution in [0.15, 0.2) is 24.3 Å². The summed E-state index contributed by atoms with van der Waals surface area (Å²) in [4.78, 5) is 16.6. The molecule has 0 aliphatic heterocycles. The highest BCUT2D eigenvalue weighted by Gasteiger charge is 2.38. The number of carbonyl (C=O) groups is 1. The summed E-state index contributed by atoms with van der Waals surface area (Å²) >= 11 is 1.33. The first-order valence-electron chi connectivity index (χ1n) is 8.11. The van der Waals surface area contributed by atoms with E-state index < -0.39 is 17.8 Å². The van der Waals surface area contributed by atoms with Gasteiger partial charge in [0.05, 0.1) is 10.2 Å². The summed E-state index contributed by atoms with van der Waals surface area (Å²) in [5, 5.41) is 6.68. The number of aromatic nitrogens is 3. The van der Waals surface area contributed by atoms with E-state index in [-0.39, 0.29) is 12.5 Å². The van der Waals surface area contributed by atoms with Crippen LogP contribution in [-0.4, -0.2) is 20.7 Å². The Balaban J connectivity index is 1.53. The van der Waals surface area contributed by atoms with Gasteiger partial charge in [0.2, 0.25) is 5.91 Å². The van der Waals surface area contributed by atoms with Crippen LogP contribution in [0.25, 0.3) is 10.2 Å². The summed E-state index contributed by atoms with van der Waals surface area (Å²) in [7, 11) is 0.